The molecule has 1 heterocycles. The fraction of sp³-hybridized carbons (Fsp3) is 0.222. The van der Waals surface area contributed by atoms with Crippen molar-refractivity contribution in [2.24, 2.45) is 0 Å². The summed E-state index contributed by atoms with van der Waals surface area (Å²) in [7, 11) is 1.58. The quantitative estimate of drug-likeness (QED) is 0.479. The molecule has 10 heteroatoms. The van der Waals surface area contributed by atoms with Gasteiger partial charge in [0, 0.05) is 10.8 Å². The molecule has 1 unspecified atom stereocenters. The van der Waals surface area contributed by atoms with E-state index in [1.807, 2.05) is 19.1 Å². The van der Waals surface area contributed by atoms with Gasteiger partial charge in [-0.3, -0.25) is 0 Å². The maximum Gasteiger partial charge on any atom is 0.573 e. The molecule has 148 valence electrons. The summed E-state index contributed by atoms with van der Waals surface area (Å²) >= 11 is 1.34. The van der Waals surface area contributed by atoms with E-state index in [0.29, 0.717) is 16.7 Å². The maximum absolute atomic E-state index is 12.3. The van der Waals surface area contributed by atoms with Crippen LogP contribution in [-0.4, -0.2) is 28.3 Å². The van der Waals surface area contributed by atoms with Crippen molar-refractivity contribution in [2.45, 2.75) is 23.7 Å². The first-order chi connectivity index (χ1) is 13.3. The highest BCUT2D eigenvalue weighted by molar-refractivity contribution is 7.99. The molecular formula is C18H17F3N4O2S. The predicted octanol–water partition coefficient (Wildman–Crippen LogP) is 4.42. The number of aromatic nitrogens is 3. The van der Waals surface area contributed by atoms with Gasteiger partial charge >= 0.3 is 6.36 Å². The van der Waals surface area contributed by atoms with Crippen molar-refractivity contribution in [3.63, 3.8) is 0 Å². The number of hydrogen-bond acceptors (Lipinski definition) is 6. The van der Waals surface area contributed by atoms with Gasteiger partial charge in [-0.25, -0.2) is 4.68 Å². The van der Waals surface area contributed by atoms with Crippen LogP contribution in [0.3, 0.4) is 0 Å². The van der Waals surface area contributed by atoms with Crippen LogP contribution in [0.2, 0.25) is 0 Å². The molecule has 3 rings (SSSR count). The first-order valence-electron chi connectivity index (χ1n) is 8.14. The van der Waals surface area contributed by atoms with E-state index in [4.69, 9.17) is 10.6 Å². The number of methoxy groups -OCH3 is 1. The number of rotatable bonds is 6. The molecule has 0 radical (unpaired) electrons. The number of ether oxygens (including phenoxy) is 2. The molecule has 0 aliphatic rings. The highest BCUT2D eigenvalue weighted by Gasteiger charge is 2.31. The van der Waals surface area contributed by atoms with Crippen molar-refractivity contribution < 1.29 is 22.6 Å². The minimum Gasteiger partial charge on any atom is -0.497 e. The summed E-state index contributed by atoms with van der Waals surface area (Å²) in [4.78, 5) is 0. The summed E-state index contributed by atoms with van der Waals surface area (Å²) in [5, 5.41) is 8.60. The molecule has 1 atom stereocenters. The number of nitrogen functional groups attached to an aromatic ring is 1. The van der Waals surface area contributed by atoms with Crippen LogP contribution >= 0.6 is 11.8 Å². The Hall–Kier alpha value is -2.88. The van der Waals surface area contributed by atoms with Crippen LogP contribution in [-0.2, 0) is 0 Å². The second kappa shape index (κ2) is 8.01. The molecule has 0 saturated carbocycles. The number of nitrogens with zero attached hydrogens (tertiary/aromatic N) is 3. The van der Waals surface area contributed by atoms with Crippen LogP contribution in [0.15, 0.2) is 53.7 Å². The molecular weight excluding hydrogens is 393 g/mol. The molecule has 6 nitrogen and oxygen atoms in total. The Bertz CT molecular complexity index is 927. The number of benzene rings is 2. The van der Waals surface area contributed by atoms with Gasteiger partial charge in [0.05, 0.1) is 7.11 Å². The van der Waals surface area contributed by atoms with E-state index in [1.54, 1.807) is 31.4 Å². The van der Waals surface area contributed by atoms with Gasteiger partial charge in [0.2, 0.25) is 5.16 Å². The van der Waals surface area contributed by atoms with Gasteiger partial charge in [0.25, 0.3) is 0 Å². The Kier molecular flexibility index (Phi) is 5.68. The molecule has 0 bridgehead atoms. The number of nitrogens with two attached hydrogens (primary N) is 1. The summed E-state index contributed by atoms with van der Waals surface area (Å²) in [6.45, 7) is 1.89. The molecule has 0 spiro atoms. The minimum atomic E-state index is -4.71. The molecule has 0 amide bonds. The summed E-state index contributed by atoms with van der Waals surface area (Å²) in [5.74, 6) is 7.06. The van der Waals surface area contributed by atoms with Crippen LogP contribution < -0.4 is 15.3 Å². The number of hydrogen-bond donors (Lipinski definition) is 1. The molecule has 0 aliphatic carbocycles. The SMILES string of the molecule is COc1ccc(-c2nnc(SC(C)c3ccc(OC(F)(F)F)cc3)n2N)cc1. The average molecular weight is 410 g/mol. The van der Waals surface area contributed by atoms with E-state index in [0.717, 1.165) is 11.1 Å². The lowest BCUT2D eigenvalue weighted by molar-refractivity contribution is -0.274. The zero-order valence-electron chi connectivity index (χ0n) is 15.0. The summed E-state index contributed by atoms with van der Waals surface area (Å²) in [5.41, 5.74) is 1.58. The predicted molar refractivity (Wildman–Crippen MR) is 99.6 cm³/mol. The molecule has 2 N–H and O–H groups in total. The molecule has 3 aromatic rings. The fourth-order valence-electron chi connectivity index (χ4n) is 2.46. The first-order valence-corrected chi connectivity index (χ1v) is 9.02. The van der Waals surface area contributed by atoms with Gasteiger partial charge in [-0.05, 0) is 48.9 Å². The smallest absolute Gasteiger partial charge is 0.497 e. The van der Waals surface area contributed by atoms with E-state index in [9.17, 15) is 13.2 Å². The number of thioether (sulfide) groups is 1. The van der Waals surface area contributed by atoms with Gasteiger partial charge in [-0.15, -0.1) is 23.4 Å². The van der Waals surface area contributed by atoms with Crippen molar-refractivity contribution in [2.75, 3.05) is 13.0 Å². The molecule has 0 aliphatic heterocycles. The standard InChI is InChI=1S/C18H17F3N4O2S/c1-11(12-3-9-15(10-4-12)27-18(19,20)21)28-17-24-23-16(25(17)22)13-5-7-14(26-2)8-6-13/h3-11H,22H2,1-2H3. The third-order valence-corrected chi connectivity index (χ3v) is 4.99. The highest BCUT2D eigenvalue weighted by atomic mass is 32.2. The lowest BCUT2D eigenvalue weighted by Gasteiger charge is -2.13. The van der Waals surface area contributed by atoms with Gasteiger partial charge in [-0.1, -0.05) is 23.9 Å². The number of alkyl halides is 3. The van der Waals surface area contributed by atoms with E-state index in [-0.39, 0.29) is 11.0 Å². The monoisotopic (exact) mass is 410 g/mol. The van der Waals surface area contributed by atoms with Crippen molar-refractivity contribution in [3.05, 3.63) is 54.1 Å². The topological polar surface area (TPSA) is 75.2 Å². The summed E-state index contributed by atoms with van der Waals surface area (Å²) in [6, 6.07) is 12.9. The Morgan fingerprint density at radius 3 is 2.18 bits per heavy atom. The largest absolute Gasteiger partial charge is 0.573 e. The van der Waals surface area contributed by atoms with Crippen LogP contribution in [0.4, 0.5) is 13.2 Å². The Morgan fingerprint density at radius 2 is 1.61 bits per heavy atom. The van der Waals surface area contributed by atoms with Crippen LogP contribution in [0.5, 0.6) is 11.5 Å². The van der Waals surface area contributed by atoms with E-state index in [2.05, 4.69) is 14.9 Å². The van der Waals surface area contributed by atoms with E-state index < -0.39 is 6.36 Å². The van der Waals surface area contributed by atoms with Gasteiger partial charge in [0.1, 0.15) is 11.5 Å². The van der Waals surface area contributed by atoms with Gasteiger partial charge < -0.3 is 15.3 Å². The second-order valence-corrected chi connectivity index (χ2v) is 7.09. The zero-order valence-corrected chi connectivity index (χ0v) is 15.8. The number of halogens is 3. The van der Waals surface area contributed by atoms with Gasteiger partial charge in [0.15, 0.2) is 5.82 Å². The Balaban J connectivity index is 1.72. The lowest BCUT2D eigenvalue weighted by Crippen LogP contribution is -2.17. The maximum atomic E-state index is 12.3. The first kappa shape index (κ1) is 19.9. The van der Waals surface area contributed by atoms with Gasteiger partial charge in [-0.2, -0.15) is 0 Å². The fourth-order valence-corrected chi connectivity index (χ4v) is 3.36. The molecule has 0 fully saturated rings. The molecule has 2 aromatic carbocycles. The highest BCUT2D eigenvalue weighted by Crippen LogP contribution is 2.35. The Morgan fingerprint density at radius 1 is 1.00 bits per heavy atom. The van der Waals surface area contributed by atoms with Crippen molar-refractivity contribution in [1.29, 1.82) is 0 Å². The average Bonchev–Trinajstić information content (AvgIpc) is 3.01. The van der Waals surface area contributed by atoms with Crippen molar-refractivity contribution in [1.82, 2.24) is 14.9 Å². The normalized spacial score (nSPS) is 12.6. The summed E-state index contributed by atoms with van der Waals surface area (Å²) in [6.07, 6.45) is -4.71. The zero-order chi connectivity index (χ0) is 20.3. The van der Waals surface area contributed by atoms with E-state index in [1.165, 1.54) is 28.6 Å². The van der Waals surface area contributed by atoms with Crippen LogP contribution in [0, 0.1) is 0 Å². The van der Waals surface area contributed by atoms with Crippen LogP contribution in [0.1, 0.15) is 17.7 Å². The third-order valence-electron chi connectivity index (χ3n) is 3.88. The lowest BCUT2D eigenvalue weighted by atomic mass is 10.2. The minimum absolute atomic E-state index is 0.116. The second-order valence-electron chi connectivity index (χ2n) is 5.78. The van der Waals surface area contributed by atoms with E-state index >= 15 is 0 Å². The van der Waals surface area contributed by atoms with Crippen molar-refractivity contribution in [3.8, 4) is 22.9 Å². The van der Waals surface area contributed by atoms with Crippen molar-refractivity contribution >= 4 is 11.8 Å². The Labute approximate surface area is 163 Å². The molecule has 1 aromatic heterocycles. The molecule has 0 saturated heterocycles. The van der Waals surface area contributed by atoms with Crippen LogP contribution in [0.25, 0.3) is 11.4 Å². The third kappa shape index (κ3) is 4.69. The summed E-state index contributed by atoms with van der Waals surface area (Å²) < 4.78 is 47.1. The molecule has 28 heavy (non-hydrogen) atoms.